The standard InChI is InChI=1S/C28H26N4O2S/c1-16-7-8-22-23(10-16)35-28-24(22)27(33)31-26(32-28)20(14-29)13-19-11-17(2)25(18(3)12-19)34-15-21-6-4-5-9-30-21/h4-6,9,11-13,16H,7-8,10,15H2,1-3H3,(H,31,32,33)/b20-13+. The van der Waals surface area contributed by atoms with Gasteiger partial charge in [-0.25, -0.2) is 4.98 Å². The van der Waals surface area contributed by atoms with E-state index < -0.39 is 0 Å². The van der Waals surface area contributed by atoms with Crippen LogP contribution in [-0.2, 0) is 19.4 Å². The zero-order valence-corrected chi connectivity index (χ0v) is 20.8. The van der Waals surface area contributed by atoms with Gasteiger partial charge in [0.05, 0.1) is 16.7 Å². The molecule has 6 nitrogen and oxygen atoms in total. The van der Waals surface area contributed by atoms with Crippen molar-refractivity contribution in [2.45, 2.75) is 46.6 Å². The molecule has 176 valence electrons. The third-order valence-electron chi connectivity index (χ3n) is 6.43. The third kappa shape index (κ3) is 4.62. The molecule has 0 fully saturated rings. The molecule has 0 spiro atoms. The first-order chi connectivity index (χ1) is 16.9. The number of benzene rings is 1. The first kappa shape index (κ1) is 23.0. The minimum absolute atomic E-state index is 0.163. The van der Waals surface area contributed by atoms with Gasteiger partial charge in [-0.1, -0.05) is 13.0 Å². The maximum absolute atomic E-state index is 13.0. The van der Waals surface area contributed by atoms with Gasteiger partial charge in [-0.3, -0.25) is 9.78 Å². The number of nitriles is 1. The Kier molecular flexibility index (Phi) is 6.23. The lowest BCUT2D eigenvalue weighted by Crippen LogP contribution is -2.14. The molecule has 1 aromatic carbocycles. The number of aromatic nitrogens is 3. The van der Waals surface area contributed by atoms with Crippen molar-refractivity contribution in [3.8, 4) is 11.8 Å². The van der Waals surface area contributed by atoms with E-state index >= 15 is 0 Å². The molecule has 0 saturated heterocycles. The number of rotatable bonds is 5. The molecule has 1 aliphatic rings. The summed E-state index contributed by atoms with van der Waals surface area (Å²) in [5.41, 5.74) is 4.93. The number of aryl methyl sites for hydroxylation is 3. The molecule has 0 aliphatic heterocycles. The number of hydrogen-bond donors (Lipinski definition) is 1. The van der Waals surface area contributed by atoms with Crippen LogP contribution in [0.2, 0.25) is 0 Å². The Balaban J connectivity index is 1.46. The molecule has 0 bridgehead atoms. The highest BCUT2D eigenvalue weighted by atomic mass is 32.1. The second-order valence-corrected chi connectivity index (χ2v) is 10.3. The molecule has 3 heterocycles. The average molecular weight is 483 g/mol. The van der Waals surface area contributed by atoms with Crippen molar-refractivity contribution in [1.82, 2.24) is 15.0 Å². The fourth-order valence-electron chi connectivity index (χ4n) is 4.72. The van der Waals surface area contributed by atoms with Crippen LogP contribution < -0.4 is 10.3 Å². The highest BCUT2D eigenvalue weighted by Gasteiger charge is 2.23. The molecule has 1 atom stereocenters. The van der Waals surface area contributed by atoms with Gasteiger partial charge in [0.15, 0.2) is 5.82 Å². The summed E-state index contributed by atoms with van der Waals surface area (Å²) >= 11 is 1.59. The smallest absolute Gasteiger partial charge is 0.260 e. The summed E-state index contributed by atoms with van der Waals surface area (Å²) in [5.74, 6) is 1.73. The molecule has 1 unspecified atom stereocenters. The van der Waals surface area contributed by atoms with Gasteiger partial charge in [0.1, 0.15) is 23.3 Å². The third-order valence-corrected chi connectivity index (χ3v) is 7.57. The van der Waals surface area contributed by atoms with Gasteiger partial charge in [-0.05, 0) is 91.6 Å². The second-order valence-electron chi connectivity index (χ2n) is 9.21. The summed E-state index contributed by atoms with van der Waals surface area (Å²) in [6.45, 7) is 6.59. The largest absolute Gasteiger partial charge is 0.487 e. The van der Waals surface area contributed by atoms with Crippen molar-refractivity contribution >= 4 is 33.2 Å². The number of H-pyrrole nitrogens is 1. The van der Waals surface area contributed by atoms with Crippen LogP contribution >= 0.6 is 11.3 Å². The van der Waals surface area contributed by atoms with Gasteiger partial charge >= 0.3 is 0 Å². The molecular weight excluding hydrogens is 456 g/mol. The average Bonchev–Trinajstić information content (AvgIpc) is 3.20. The van der Waals surface area contributed by atoms with Crippen molar-refractivity contribution in [2.24, 2.45) is 5.92 Å². The number of pyridine rings is 1. The molecule has 1 aliphatic carbocycles. The number of nitrogens with zero attached hydrogens (tertiary/aromatic N) is 3. The highest BCUT2D eigenvalue weighted by Crippen LogP contribution is 2.36. The van der Waals surface area contributed by atoms with Crippen molar-refractivity contribution < 1.29 is 4.74 Å². The number of aromatic amines is 1. The molecule has 5 rings (SSSR count). The van der Waals surface area contributed by atoms with E-state index in [0.29, 0.717) is 29.3 Å². The monoisotopic (exact) mass is 482 g/mol. The van der Waals surface area contributed by atoms with Crippen LogP contribution in [0.3, 0.4) is 0 Å². The molecular formula is C28H26N4O2S. The predicted octanol–water partition coefficient (Wildman–Crippen LogP) is 5.76. The lowest BCUT2D eigenvalue weighted by molar-refractivity contribution is 0.297. The summed E-state index contributed by atoms with van der Waals surface area (Å²) < 4.78 is 6.03. The maximum Gasteiger partial charge on any atom is 0.260 e. The van der Waals surface area contributed by atoms with Crippen LogP contribution in [0.25, 0.3) is 21.9 Å². The van der Waals surface area contributed by atoms with E-state index in [2.05, 4.69) is 23.0 Å². The summed E-state index contributed by atoms with van der Waals surface area (Å²) in [6.07, 6.45) is 6.50. The minimum Gasteiger partial charge on any atom is -0.487 e. The summed E-state index contributed by atoms with van der Waals surface area (Å²) in [7, 11) is 0. The highest BCUT2D eigenvalue weighted by molar-refractivity contribution is 7.18. The zero-order valence-electron chi connectivity index (χ0n) is 20.0. The Morgan fingerprint density at radius 2 is 2.11 bits per heavy atom. The molecule has 1 N–H and O–H groups in total. The number of allylic oxidation sites excluding steroid dienone is 1. The molecule has 0 saturated carbocycles. The minimum atomic E-state index is -0.163. The van der Waals surface area contributed by atoms with Crippen LogP contribution in [-0.4, -0.2) is 15.0 Å². The van der Waals surface area contributed by atoms with E-state index in [9.17, 15) is 10.1 Å². The Morgan fingerprint density at radius 3 is 2.83 bits per heavy atom. The number of thiophene rings is 1. The van der Waals surface area contributed by atoms with Crippen molar-refractivity contribution in [2.75, 3.05) is 0 Å². The topological polar surface area (TPSA) is 91.7 Å². The van der Waals surface area contributed by atoms with E-state index in [1.54, 1.807) is 23.6 Å². The lowest BCUT2D eigenvalue weighted by atomic mass is 9.89. The fraction of sp³-hybridized carbons (Fsp3) is 0.286. The summed E-state index contributed by atoms with van der Waals surface area (Å²) in [5, 5.41) is 10.6. The summed E-state index contributed by atoms with van der Waals surface area (Å²) in [6, 6.07) is 11.9. The molecule has 3 aromatic heterocycles. The molecule has 35 heavy (non-hydrogen) atoms. The van der Waals surface area contributed by atoms with E-state index in [1.165, 1.54) is 4.88 Å². The van der Waals surface area contributed by atoms with Crippen LogP contribution in [0.5, 0.6) is 5.75 Å². The van der Waals surface area contributed by atoms with Crippen molar-refractivity contribution in [3.63, 3.8) is 0 Å². The van der Waals surface area contributed by atoms with Crippen molar-refractivity contribution in [3.05, 3.63) is 85.5 Å². The van der Waals surface area contributed by atoms with Gasteiger partial charge in [0, 0.05) is 11.1 Å². The van der Waals surface area contributed by atoms with Gasteiger partial charge in [0.2, 0.25) is 0 Å². The first-order valence-electron chi connectivity index (χ1n) is 11.7. The van der Waals surface area contributed by atoms with Crippen molar-refractivity contribution in [1.29, 1.82) is 5.26 Å². The van der Waals surface area contributed by atoms with Gasteiger partial charge in [0.25, 0.3) is 5.56 Å². The predicted molar refractivity (Wildman–Crippen MR) is 139 cm³/mol. The number of hydrogen-bond acceptors (Lipinski definition) is 6. The van der Waals surface area contributed by atoms with E-state index in [1.807, 2.05) is 44.2 Å². The van der Waals surface area contributed by atoms with E-state index in [0.717, 1.165) is 57.8 Å². The Bertz CT molecular complexity index is 1520. The molecule has 0 amide bonds. The Hall–Kier alpha value is -3.76. The Labute approximate surface area is 208 Å². The molecule has 0 radical (unpaired) electrons. The van der Waals surface area contributed by atoms with Gasteiger partial charge in [-0.2, -0.15) is 5.26 Å². The molecule has 7 heteroatoms. The lowest BCUT2D eigenvalue weighted by Gasteiger charge is -2.17. The van der Waals surface area contributed by atoms with Crippen LogP contribution in [0.4, 0.5) is 0 Å². The Morgan fingerprint density at radius 1 is 1.31 bits per heavy atom. The number of ether oxygens (including phenoxy) is 1. The van der Waals surface area contributed by atoms with Crippen LogP contribution in [0.1, 0.15) is 52.0 Å². The fourth-order valence-corrected chi connectivity index (χ4v) is 6.10. The maximum atomic E-state index is 13.0. The SMILES string of the molecule is Cc1cc(/C=C(\C#N)c2nc3sc4c(c3c(=O)[nH]2)CCC(C)C4)cc(C)c1OCc1ccccn1. The quantitative estimate of drug-likeness (QED) is 0.365. The van der Waals surface area contributed by atoms with Crippen LogP contribution in [0.15, 0.2) is 41.3 Å². The van der Waals surface area contributed by atoms with E-state index in [4.69, 9.17) is 9.72 Å². The van der Waals surface area contributed by atoms with E-state index in [-0.39, 0.29) is 5.56 Å². The molecule has 4 aromatic rings. The normalized spacial score (nSPS) is 15.6. The number of nitrogens with one attached hydrogen (secondary N) is 1. The van der Waals surface area contributed by atoms with Gasteiger partial charge < -0.3 is 9.72 Å². The zero-order chi connectivity index (χ0) is 24.5. The van der Waals surface area contributed by atoms with Crippen LogP contribution in [0, 0.1) is 31.1 Å². The summed E-state index contributed by atoms with van der Waals surface area (Å²) in [4.78, 5) is 26.8. The first-order valence-corrected chi connectivity index (χ1v) is 12.5. The van der Waals surface area contributed by atoms with Gasteiger partial charge in [-0.15, -0.1) is 11.3 Å². The second kappa shape index (κ2) is 9.47. The number of fused-ring (bicyclic) bond motifs is 3.